The number of nitrogens with one attached hydrogen (secondary N) is 2. The molecule has 1 aromatic carbocycles. The maximum absolute atomic E-state index is 11.9. The maximum Gasteiger partial charge on any atom is 0.270 e. The minimum atomic E-state index is -0.630. The molecule has 0 unspecified atom stereocenters. The Morgan fingerprint density at radius 2 is 1.95 bits per heavy atom. The lowest BCUT2D eigenvalue weighted by molar-refractivity contribution is 0.0952. The third-order valence-corrected chi connectivity index (χ3v) is 2.83. The highest BCUT2D eigenvalue weighted by molar-refractivity contribution is 5.93. The van der Waals surface area contributed by atoms with Crippen LogP contribution >= 0.6 is 0 Å². The summed E-state index contributed by atoms with van der Waals surface area (Å²) in [5.41, 5.74) is 2.72. The largest absolute Gasteiger partial charge is 0.490 e. The van der Waals surface area contributed by atoms with Gasteiger partial charge < -0.3 is 9.72 Å². The van der Waals surface area contributed by atoms with Crippen molar-refractivity contribution in [2.75, 3.05) is 0 Å². The molecule has 0 bridgehead atoms. The fraction of sp³-hybridized carbons (Fsp3) is 0.200. The van der Waals surface area contributed by atoms with Gasteiger partial charge in [0.15, 0.2) is 0 Å². The molecule has 1 aromatic heterocycles. The summed E-state index contributed by atoms with van der Waals surface area (Å²) in [5.74, 6) is 5.06. The number of carbonyl (C=O) groups excluding carboxylic acids is 1. The summed E-state index contributed by atoms with van der Waals surface area (Å²) in [6.45, 7) is 3.85. The third-order valence-electron chi connectivity index (χ3n) is 2.83. The number of carbonyl (C=O) groups is 1. The van der Waals surface area contributed by atoms with Crippen molar-refractivity contribution in [3.8, 4) is 17.0 Å². The van der Waals surface area contributed by atoms with Crippen LogP contribution in [0.5, 0.6) is 5.75 Å². The molecule has 0 spiro atoms. The Morgan fingerprint density at radius 1 is 1.24 bits per heavy atom. The van der Waals surface area contributed by atoms with E-state index in [4.69, 9.17) is 10.6 Å². The summed E-state index contributed by atoms with van der Waals surface area (Å²) < 4.78 is 5.72. The smallest absolute Gasteiger partial charge is 0.270 e. The molecule has 0 aliphatic rings. The highest BCUT2D eigenvalue weighted by Gasteiger charge is 2.12. The molecule has 110 valence electrons. The van der Waals surface area contributed by atoms with Crippen LogP contribution in [0.25, 0.3) is 11.3 Å². The molecule has 6 nitrogen and oxygen atoms in total. The van der Waals surface area contributed by atoms with Gasteiger partial charge in [0.25, 0.3) is 11.5 Å². The van der Waals surface area contributed by atoms with E-state index in [2.05, 4.69) is 4.98 Å². The SMILES string of the molecule is CC(C)Oc1ccccc1-c1ccc(C(=O)NN)c(=O)[nH]1. The zero-order valence-corrected chi connectivity index (χ0v) is 11.8. The molecule has 0 fully saturated rings. The molecule has 0 aliphatic heterocycles. The molecule has 0 saturated carbocycles. The number of amides is 1. The van der Waals surface area contributed by atoms with Crippen LogP contribution in [0.2, 0.25) is 0 Å². The van der Waals surface area contributed by atoms with Gasteiger partial charge in [0.1, 0.15) is 11.3 Å². The van der Waals surface area contributed by atoms with Crippen LogP contribution in [-0.2, 0) is 0 Å². The van der Waals surface area contributed by atoms with E-state index in [9.17, 15) is 9.59 Å². The number of pyridine rings is 1. The number of nitrogens with two attached hydrogens (primary N) is 1. The Kier molecular flexibility index (Phi) is 4.39. The van der Waals surface area contributed by atoms with Crippen LogP contribution in [0.15, 0.2) is 41.2 Å². The van der Waals surface area contributed by atoms with Crippen molar-refractivity contribution in [3.63, 3.8) is 0 Å². The summed E-state index contributed by atoms with van der Waals surface area (Å²) in [6.07, 6.45) is 0.0140. The molecule has 2 rings (SSSR count). The number of hydrazine groups is 1. The number of para-hydroxylation sites is 1. The third kappa shape index (κ3) is 3.29. The second kappa shape index (κ2) is 6.23. The standard InChI is InChI=1S/C15H17N3O3/c1-9(2)21-13-6-4-3-5-10(13)12-8-7-11(14(19)17-12)15(20)18-16/h3-9H,16H2,1-2H3,(H,17,19)(H,18,20). The lowest BCUT2D eigenvalue weighted by Crippen LogP contribution is -2.34. The maximum atomic E-state index is 11.9. The second-order valence-corrected chi connectivity index (χ2v) is 4.75. The number of H-pyrrole nitrogens is 1. The predicted molar refractivity (Wildman–Crippen MR) is 79.9 cm³/mol. The number of rotatable bonds is 4. The Morgan fingerprint density at radius 3 is 2.57 bits per heavy atom. The highest BCUT2D eigenvalue weighted by atomic mass is 16.5. The lowest BCUT2D eigenvalue weighted by atomic mass is 10.1. The van der Waals surface area contributed by atoms with Gasteiger partial charge in [-0.3, -0.25) is 15.0 Å². The molecular weight excluding hydrogens is 270 g/mol. The fourth-order valence-corrected chi connectivity index (χ4v) is 1.93. The van der Waals surface area contributed by atoms with Gasteiger partial charge in [-0.1, -0.05) is 12.1 Å². The van der Waals surface area contributed by atoms with Crippen molar-refractivity contribution in [3.05, 3.63) is 52.3 Å². The molecule has 0 aliphatic carbocycles. The summed E-state index contributed by atoms with van der Waals surface area (Å²) in [4.78, 5) is 26.0. The first-order valence-corrected chi connectivity index (χ1v) is 6.53. The van der Waals surface area contributed by atoms with Crippen molar-refractivity contribution in [1.82, 2.24) is 10.4 Å². The lowest BCUT2D eigenvalue weighted by Gasteiger charge is -2.14. The Bertz CT molecular complexity index is 707. The normalized spacial score (nSPS) is 10.5. The van der Waals surface area contributed by atoms with Gasteiger partial charge in [-0.2, -0.15) is 0 Å². The highest BCUT2D eigenvalue weighted by Crippen LogP contribution is 2.28. The molecular formula is C15H17N3O3. The number of nitrogen functional groups attached to an aromatic ring is 1. The van der Waals surface area contributed by atoms with E-state index < -0.39 is 11.5 Å². The van der Waals surface area contributed by atoms with Crippen LogP contribution in [0.4, 0.5) is 0 Å². The van der Waals surface area contributed by atoms with Crippen LogP contribution in [0.1, 0.15) is 24.2 Å². The number of ether oxygens (including phenoxy) is 1. The molecule has 1 amide bonds. The molecule has 0 atom stereocenters. The molecule has 6 heteroatoms. The van der Waals surface area contributed by atoms with Crippen molar-refractivity contribution >= 4 is 5.91 Å². The van der Waals surface area contributed by atoms with Gasteiger partial charge >= 0.3 is 0 Å². The first-order valence-electron chi connectivity index (χ1n) is 6.53. The minimum absolute atomic E-state index is 0.0140. The monoisotopic (exact) mass is 287 g/mol. The molecule has 1 heterocycles. The number of hydrogen-bond acceptors (Lipinski definition) is 4. The van der Waals surface area contributed by atoms with E-state index in [0.29, 0.717) is 11.4 Å². The summed E-state index contributed by atoms with van der Waals surface area (Å²) in [7, 11) is 0. The number of benzene rings is 1. The van der Waals surface area contributed by atoms with Gasteiger partial charge in [-0.05, 0) is 38.1 Å². The van der Waals surface area contributed by atoms with E-state index in [-0.39, 0.29) is 11.7 Å². The first-order chi connectivity index (χ1) is 10.0. The zero-order valence-electron chi connectivity index (χ0n) is 11.8. The number of hydrogen-bond donors (Lipinski definition) is 3. The van der Waals surface area contributed by atoms with Gasteiger partial charge in [-0.15, -0.1) is 0 Å². The molecule has 0 saturated heterocycles. The summed E-state index contributed by atoms with van der Waals surface area (Å²) in [6, 6.07) is 10.5. The van der Waals surface area contributed by atoms with Gasteiger partial charge in [-0.25, -0.2) is 5.84 Å². The number of aromatic amines is 1. The number of aromatic nitrogens is 1. The Hall–Kier alpha value is -2.60. The van der Waals surface area contributed by atoms with E-state index >= 15 is 0 Å². The molecule has 21 heavy (non-hydrogen) atoms. The van der Waals surface area contributed by atoms with Gasteiger partial charge in [0, 0.05) is 5.56 Å². The van der Waals surface area contributed by atoms with Crippen LogP contribution in [-0.4, -0.2) is 17.0 Å². The quantitative estimate of drug-likeness (QED) is 0.450. The van der Waals surface area contributed by atoms with Gasteiger partial charge in [0.2, 0.25) is 0 Å². The van der Waals surface area contributed by atoms with Crippen LogP contribution < -0.4 is 21.6 Å². The average Bonchev–Trinajstić information content (AvgIpc) is 2.46. The molecule has 2 aromatic rings. The Labute approximate surface area is 121 Å². The molecule has 0 radical (unpaired) electrons. The Balaban J connectivity index is 2.46. The van der Waals surface area contributed by atoms with E-state index in [1.807, 2.05) is 43.5 Å². The van der Waals surface area contributed by atoms with E-state index in [1.54, 1.807) is 6.07 Å². The van der Waals surface area contributed by atoms with Crippen LogP contribution in [0.3, 0.4) is 0 Å². The van der Waals surface area contributed by atoms with Crippen molar-refractivity contribution in [2.45, 2.75) is 20.0 Å². The predicted octanol–water partition coefficient (Wildman–Crippen LogP) is 1.43. The minimum Gasteiger partial charge on any atom is -0.490 e. The topological polar surface area (TPSA) is 97.2 Å². The second-order valence-electron chi connectivity index (χ2n) is 4.75. The van der Waals surface area contributed by atoms with E-state index in [1.165, 1.54) is 6.07 Å². The molecule has 4 N–H and O–H groups in total. The average molecular weight is 287 g/mol. The summed E-state index contributed by atoms with van der Waals surface area (Å²) >= 11 is 0. The zero-order chi connectivity index (χ0) is 15.4. The summed E-state index contributed by atoms with van der Waals surface area (Å²) in [5, 5.41) is 0. The van der Waals surface area contributed by atoms with E-state index in [0.717, 1.165) is 5.56 Å². The van der Waals surface area contributed by atoms with Crippen molar-refractivity contribution < 1.29 is 9.53 Å². The first kappa shape index (κ1) is 14.8. The van der Waals surface area contributed by atoms with Crippen LogP contribution in [0, 0.1) is 0 Å². The van der Waals surface area contributed by atoms with Crippen molar-refractivity contribution in [1.29, 1.82) is 0 Å². The van der Waals surface area contributed by atoms with Gasteiger partial charge in [0.05, 0.1) is 11.8 Å². The fourth-order valence-electron chi connectivity index (χ4n) is 1.93. The van der Waals surface area contributed by atoms with Crippen molar-refractivity contribution in [2.24, 2.45) is 5.84 Å².